The molecule has 0 spiro atoms. The second-order valence-electron chi connectivity index (χ2n) is 5.12. The average molecular weight is 242 g/mol. The maximum Gasteiger partial charge on any atom is 0.0282 e. The maximum atomic E-state index is 3.39. The van der Waals surface area contributed by atoms with E-state index < -0.39 is 0 Å². The highest BCUT2D eigenvalue weighted by Gasteiger charge is 2.04. The predicted octanol–water partition coefficient (Wildman–Crippen LogP) is 5.19. The second kappa shape index (κ2) is 7.98. The zero-order chi connectivity index (χ0) is 13.4. The van der Waals surface area contributed by atoms with E-state index in [-0.39, 0.29) is 0 Å². The molecule has 98 valence electrons. The van der Waals surface area contributed by atoms with E-state index in [0.717, 1.165) is 6.42 Å². The smallest absolute Gasteiger partial charge is 0.0282 e. The standard InChI is InChI=1S/C18H26/c1-5-7-9-10-11-17-14-15(3)13-16(4)18(17)12-8-6-2/h13-14H,5-9,12H2,1-4H3. The van der Waals surface area contributed by atoms with Crippen LogP contribution in [0.3, 0.4) is 0 Å². The molecule has 0 nitrogen and oxygen atoms in total. The zero-order valence-corrected chi connectivity index (χ0v) is 12.4. The van der Waals surface area contributed by atoms with E-state index in [0.29, 0.717) is 0 Å². The van der Waals surface area contributed by atoms with Crippen molar-refractivity contribution < 1.29 is 0 Å². The molecule has 0 heterocycles. The van der Waals surface area contributed by atoms with Gasteiger partial charge >= 0.3 is 0 Å². The van der Waals surface area contributed by atoms with Gasteiger partial charge in [0.25, 0.3) is 0 Å². The molecule has 0 atom stereocenters. The Morgan fingerprint density at radius 2 is 1.72 bits per heavy atom. The molecule has 1 aromatic carbocycles. The third kappa shape index (κ3) is 4.57. The largest absolute Gasteiger partial charge is 0.0979 e. The molecule has 0 aliphatic heterocycles. The fourth-order valence-corrected chi connectivity index (χ4v) is 2.22. The second-order valence-corrected chi connectivity index (χ2v) is 5.12. The van der Waals surface area contributed by atoms with E-state index in [2.05, 4.69) is 51.7 Å². The highest BCUT2D eigenvalue weighted by atomic mass is 14.1. The van der Waals surface area contributed by atoms with Gasteiger partial charge in [0.05, 0.1) is 0 Å². The van der Waals surface area contributed by atoms with Gasteiger partial charge in [-0.1, -0.05) is 44.6 Å². The summed E-state index contributed by atoms with van der Waals surface area (Å²) in [6.07, 6.45) is 7.13. The summed E-state index contributed by atoms with van der Waals surface area (Å²) in [7, 11) is 0. The number of rotatable bonds is 5. The van der Waals surface area contributed by atoms with Crippen LogP contribution in [0.4, 0.5) is 0 Å². The molecule has 0 N–H and O–H groups in total. The van der Waals surface area contributed by atoms with Crippen LogP contribution in [0.25, 0.3) is 0 Å². The minimum atomic E-state index is 1.02. The van der Waals surface area contributed by atoms with E-state index in [1.807, 2.05) is 0 Å². The first-order valence-corrected chi connectivity index (χ1v) is 7.28. The molecule has 0 saturated heterocycles. The van der Waals surface area contributed by atoms with E-state index >= 15 is 0 Å². The van der Waals surface area contributed by atoms with Crippen LogP contribution in [0, 0.1) is 25.7 Å². The number of unbranched alkanes of at least 4 members (excludes halogenated alkanes) is 3. The van der Waals surface area contributed by atoms with Crippen molar-refractivity contribution in [3.63, 3.8) is 0 Å². The number of hydrogen-bond acceptors (Lipinski definition) is 0. The highest BCUT2D eigenvalue weighted by Crippen LogP contribution is 2.19. The van der Waals surface area contributed by atoms with Gasteiger partial charge < -0.3 is 0 Å². The first kappa shape index (κ1) is 14.8. The summed E-state index contributed by atoms with van der Waals surface area (Å²) in [6.45, 7) is 8.84. The molecular weight excluding hydrogens is 216 g/mol. The minimum Gasteiger partial charge on any atom is -0.0979 e. The Bertz CT molecular complexity index is 429. The minimum absolute atomic E-state index is 1.02. The normalized spacial score (nSPS) is 10.0. The van der Waals surface area contributed by atoms with Crippen LogP contribution >= 0.6 is 0 Å². The zero-order valence-electron chi connectivity index (χ0n) is 12.4. The van der Waals surface area contributed by atoms with Crippen molar-refractivity contribution in [1.82, 2.24) is 0 Å². The van der Waals surface area contributed by atoms with Gasteiger partial charge in [-0.15, -0.1) is 0 Å². The topological polar surface area (TPSA) is 0 Å². The Kier molecular flexibility index (Phi) is 6.58. The Hall–Kier alpha value is -1.22. The molecule has 0 amide bonds. The van der Waals surface area contributed by atoms with Crippen molar-refractivity contribution in [1.29, 1.82) is 0 Å². The molecule has 0 bridgehead atoms. The van der Waals surface area contributed by atoms with E-state index in [9.17, 15) is 0 Å². The number of benzene rings is 1. The SMILES string of the molecule is CCCCC#Cc1cc(C)cc(C)c1CCCC. The summed E-state index contributed by atoms with van der Waals surface area (Å²) in [5, 5.41) is 0. The van der Waals surface area contributed by atoms with Crippen LogP contribution in [-0.2, 0) is 6.42 Å². The monoisotopic (exact) mass is 242 g/mol. The molecule has 0 heteroatoms. The third-order valence-corrected chi connectivity index (χ3v) is 3.28. The van der Waals surface area contributed by atoms with Crippen LogP contribution in [0.5, 0.6) is 0 Å². The number of hydrogen-bond donors (Lipinski definition) is 0. The van der Waals surface area contributed by atoms with Crippen molar-refractivity contribution in [2.45, 2.75) is 66.2 Å². The molecule has 0 aromatic heterocycles. The molecule has 0 unspecified atom stereocenters. The van der Waals surface area contributed by atoms with E-state index in [1.54, 1.807) is 0 Å². The first-order valence-electron chi connectivity index (χ1n) is 7.28. The lowest BCUT2D eigenvalue weighted by atomic mass is 9.95. The Morgan fingerprint density at radius 1 is 1.00 bits per heavy atom. The molecule has 1 rings (SSSR count). The van der Waals surface area contributed by atoms with Gasteiger partial charge in [0, 0.05) is 12.0 Å². The molecule has 0 radical (unpaired) electrons. The van der Waals surface area contributed by atoms with Crippen molar-refractivity contribution in [3.8, 4) is 11.8 Å². The van der Waals surface area contributed by atoms with Gasteiger partial charge in [-0.05, 0) is 55.9 Å². The van der Waals surface area contributed by atoms with Crippen molar-refractivity contribution >= 4 is 0 Å². The lowest BCUT2D eigenvalue weighted by Crippen LogP contribution is -1.96. The summed E-state index contributed by atoms with van der Waals surface area (Å²) in [5.74, 6) is 6.71. The Labute approximate surface area is 113 Å². The van der Waals surface area contributed by atoms with Gasteiger partial charge in [0.15, 0.2) is 0 Å². The molecule has 0 saturated carbocycles. The quantitative estimate of drug-likeness (QED) is 0.492. The summed E-state index contributed by atoms with van der Waals surface area (Å²) < 4.78 is 0. The fraction of sp³-hybridized carbons (Fsp3) is 0.556. The van der Waals surface area contributed by atoms with Gasteiger partial charge in [-0.3, -0.25) is 0 Å². The summed E-state index contributed by atoms with van der Waals surface area (Å²) in [4.78, 5) is 0. The molecule has 18 heavy (non-hydrogen) atoms. The lowest BCUT2D eigenvalue weighted by molar-refractivity contribution is 0.789. The van der Waals surface area contributed by atoms with E-state index in [4.69, 9.17) is 0 Å². The van der Waals surface area contributed by atoms with Gasteiger partial charge in [0.1, 0.15) is 0 Å². The molecule has 1 aromatic rings. The van der Waals surface area contributed by atoms with Crippen LogP contribution in [-0.4, -0.2) is 0 Å². The Balaban J connectivity index is 2.94. The first-order chi connectivity index (χ1) is 8.69. The van der Waals surface area contributed by atoms with Gasteiger partial charge in [0.2, 0.25) is 0 Å². The average Bonchev–Trinajstić information content (AvgIpc) is 2.33. The van der Waals surface area contributed by atoms with Gasteiger partial charge in [-0.25, -0.2) is 0 Å². The summed E-state index contributed by atoms with van der Waals surface area (Å²) in [6, 6.07) is 4.53. The molecular formula is C18H26. The maximum absolute atomic E-state index is 3.39. The summed E-state index contributed by atoms with van der Waals surface area (Å²) >= 11 is 0. The third-order valence-electron chi connectivity index (χ3n) is 3.28. The molecule has 0 aliphatic carbocycles. The van der Waals surface area contributed by atoms with Crippen molar-refractivity contribution in [2.24, 2.45) is 0 Å². The molecule has 0 fully saturated rings. The molecule has 0 aliphatic rings. The van der Waals surface area contributed by atoms with E-state index in [1.165, 1.54) is 54.4 Å². The van der Waals surface area contributed by atoms with Crippen LogP contribution in [0.2, 0.25) is 0 Å². The van der Waals surface area contributed by atoms with Crippen LogP contribution in [0.15, 0.2) is 12.1 Å². The fourth-order valence-electron chi connectivity index (χ4n) is 2.22. The van der Waals surface area contributed by atoms with Crippen molar-refractivity contribution in [3.05, 3.63) is 34.4 Å². The Morgan fingerprint density at radius 3 is 2.39 bits per heavy atom. The predicted molar refractivity (Wildman–Crippen MR) is 80.9 cm³/mol. The van der Waals surface area contributed by atoms with Crippen LogP contribution in [0.1, 0.15) is 68.2 Å². The lowest BCUT2D eigenvalue weighted by Gasteiger charge is -2.10. The van der Waals surface area contributed by atoms with Crippen LogP contribution < -0.4 is 0 Å². The van der Waals surface area contributed by atoms with Crippen molar-refractivity contribution in [2.75, 3.05) is 0 Å². The van der Waals surface area contributed by atoms with Gasteiger partial charge in [-0.2, -0.15) is 0 Å². The highest BCUT2D eigenvalue weighted by molar-refractivity contribution is 5.47. The number of aryl methyl sites for hydroxylation is 2. The summed E-state index contributed by atoms with van der Waals surface area (Å²) in [5.41, 5.74) is 5.46.